The van der Waals surface area contributed by atoms with Gasteiger partial charge in [-0.25, -0.2) is 0 Å². The number of benzene rings is 2. The number of nitrogens with one attached hydrogen (secondary N) is 1. The van der Waals surface area contributed by atoms with Crippen molar-refractivity contribution in [2.45, 2.75) is 19.4 Å². The predicted molar refractivity (Wildman–Crippen MR) is 84.5 cm³/mol. The number of carbonyl (C=O) groups is 1. The lowest BCUT2D eigenvalue weighted by molar-refractivity contribution is -0.385. The molecule has 23 heavy (non-hydrogen) atoms. The van der Waals surface area contributed by atoms with Crippen LogP contribution in [0.15, 0.2) is 48.5 Å². The lowest BCUT2D eigenvalue weighted by atomic mass is 10.1. The highest BCUT2D eigenvalue weighted by molar-refractivity contribution is 5.80. The minimum atomic E-state index is -0.493. The minimum absolute atomic E-state index is 0.0578. The number of nitro benzene ring substituents is 1. The quantitative estimate of drug-likeness (QED) is 0.678. The maximum absolute atomic E-state index is 12.1. The number of carbonyl (C=O) groups excluding carboxylic acids is 1. The van der Waals surface area contributed by atoms with Crippen LogP contribution in [0, 0.1) is 21.4 Å². The zero-order valence-electron chi connectivity index (χ0n) is 12.5. The van der Waals surface area contributed by atoms with Crippen LogP contribution < -0.4 is 5.32 Å². The molecule has 1 unspecified atom stereocenters. The Kier molecular flexibility index (Phi) is 5.05. The largest absolute Gasteiger partial charge is 0.349 e. The van der Waals surface area contributed by atoms with E-state index in [0.29, 0.717) is 11.1 Å². The van der Waals surface area contributed by atoms with Crippen molar-refractivity contribution in [3.63, 3.8) is 0 Å². The molecule has 0 heterocycles. The molecule has 2 rings (SSSR count). The summed E-state index contributed by atoms with van der Waals surface area (Å²) in [4.78, 5) is 22.6. The molecule has 6 nitrogen and oxygen atoms in total. The van der Waals surface area contributed by atoms with Crippen LogP contribution in [0.4, 0.5) is 5.69 Å². The number of rotatable bonds is 5. The van der Waals surface area contributed by atoms with Gasteiger partial charge in [-0.05, 0) is 24.6 Å². The first-order valence-electron chi connectivity index (χ1n) is 7.03. The summed E-state index contributed by atoms with van der Waals surface area (Å²) >= 11 is 0. The lowest BCUT2D eigenvalue weighted by Crippen LogP contribution is -2.28. The molecule has 2 aromatic rings. The zero-order chi connectivity index (χ0) is 16.8. The summed E-state index contributed by atoms with van der Waals surface area (Å²) in [5.74, 6) is -0.295. The average molecular weight is 309 g/mol. The van der Waals surface area contributed by atoms with Crippen LogP contribution >= 0.6 is 0 Å². The summed E-state index contributed by atoms with van der Waals surface area (Å²) in [5.41, 5.74) is 1.72. The van der Waals surface area contributed by atoms with E-state index in [1.165, 1.54) is 6.07 Å². The van der Waals surface area contributed by atoms with E-state index in [9.17, 15) is 14.9 Å². The van der Waals surface area contributed by atoms with E-state index in [-0.39, 0.29) is 24.1 Å². The average Bonchev–Trinajstić information content (AvgIpc) is 2.55. The van der Waals surface area contributed by atoms with E-state index < -0.39 is 4.92 Å². The predicted octanol–water partition coefficient (Wildman–Crippen LogP) is 2.89. The Labute approximate surface area is 133 Å². The second-order valence-electron chi connectivity index (χ2n) is 5.09. The van der Waals surface area contributed by atoms with Gasteiger partial charge < -0.3 is 5.32 Å². The third-order valence-electron chi connectivity index (χ3n) is 3.46. The van der Waals surface area contributed by atoms with Crippen LogP contribution in [0.3, 0.4) is 0 Å². The van der Waals surface area contributed by atoms with Crippen molar-refractivity contribution in [1.82, 2.24) is 5.32 Å². The van der Waals surface area contributed by atoms with Gasteiger partial charge in [0.25, 0.3) is 5.69 Å². The Balaban J connectivity index is 2.04. The summed E-state index contributed by atoms with van der Waals surface area (Å²) in [7, 11) is 0. The van der Waals surface area contributed by atoms with Crippen LogP contribution in [0.5, 0.6) is 0 Å². The second kappa shape index (κ2) is 7.18. The molecule has 0 radical (unpaired) electrons. The Morgan fingerprint density at radius 3 is 2.52 bits per heavy atom. The van der Waals surface area contributed by atoms with Crippen molar-refractivity contribution in [3.8, 4) is 6.07 Å². The van der Waals surface area contributed by atoms with Gasteiger partial charge in [0.2, 0.25) is 5.91 Å². The van der Waals surface area contributed by atoms with Gasteiger partial charge in [0.05, 0.1) is 29.0 Å². The van der Waals surface area contributed by atoms with Crippen LogP contribution in [0.2, 0.25) is 0 Å². The third-order valence-corrected chi connectivity index (χ3v) is 3.46. The highest BCUT2D eigenvalue weighted by atomic mass is 16.6. The van der Waals surface area contributed by atoms with Gasteiger partial charge in [0.15, 0.2) is 0 Å². The number of amides is 1. The van der Waals surface area contributed by atoms with Crippen molar-refractivity contribution in [3.05, 3.63) is 75.3 Å². The highest BCUT2D eigenvalue weighted by Crippen LogP contribution is 2.19. The molecular formula is C17H15N3O3. The molecule has 0 aromatic heterocycles. The number of nitrogens with zero attached hydrogens (tertiary/aromatic N) is 2. The van der Waals surface area contributed by atoms with Gasteiger partial charge in [-0.3, -0.25) is 14.9 Å². The van der Waals surface area contributed by atoms with Crippen molar-refractivity contribution >= 4 is 11.6 Å². The number of para-hydroxylation sites is 1. The SMILES string of the molecule is CC(NC(=O)Cc1ccccc1[N+](=O)[O-])c1ccc(C#N)cc1. The normalized spacial score (nSPS) is 11.3. The van der Waals surface area contributed by atoms with Crippen LogP contribution in [-0.4, -0.2) is 10.8 Å². The Bertz CT molecular complexity index is 763. The van der Waals surface area contributed by atoms with Crippen molar-refractivity contribution in [2.24, 2.45) is 0 Å². The minimum Gasteiger partial charge on any atom is -0.349 e. The standard InChI is InChI=1S/C17H15N3O3/c1-12(14-8-6-13(11-18)7-9-14)19-17(21)10-15-4-2-3-5-16(15)20(22)23/h2-9,12H,10H2,1H3,(H,19,21). The van der Waals surface area contributed by atoms with Crippen molar-refractivity contribution in [2.75, 3.05) is 0 Å². The monoisotopic (exact) mass is 309 g/mol. The molecule has 0 aliphatic heterocycles. The summed E-state index contributed by atoms with van der Waals surface area (Å²) in [6, 6.07) is 14.9. The van der Waals surface area contributed by atoms with Crippen LogP contribution in [-0.2, 0) is 11.2 Å². The zero-order valence-corrected chi connectivity index (χ0v) is 12.5. The molecule has 0 aliphatic rings. The van der Waals surface area contributed by atoms with E-state index in [1.807, 2.05) is 13.0 Å². The van der Waals surface area contributed by atoms with E-state index >= 15 is 0 Å². The fraction of sp³-hybridized carbons (Fsp3) is 0.176. The molecule has 1 amide bonds. The summed E-state index contributed by atoms with van der Waals surface area (Å²) in [6.07, 6.45) is -0.0578. The summed E-state index contributed by atoms with van der Waals surface area (Å²) < 4.78 is 0. The van der Waals surface area contributed by atoms with Gasteiger partial charge in [-0.1, -0.05) is 30.3 Å². The smallest absolute Gasteiger partial charge is 0.273 e. The Morgan fingerprint density at radius 2 is 1.91 bits per heavy atom. The Morgan fingerprint density at radius 1 is 1.26 bits per heavy atom. The summed E-state index contributed by atoms with van der Waals surface area (Å²) in [6.45, 7) is 1.82. The Hall–Kier alpha value is -3.20. The fourth-order valence-electron chi connectivity index (χ4n) is 2.23. The number of nitriles is 1. The first kappa shape index (κ1) is 16.2. The third kappa shape index (κ3) is 4.14. The summed E-state index contributed by atoms with van der Waals surface area (Å²) in [5, 5.41) is 22.5. The molecule has 0 saturated carbocycles. The molecule has 0 spiro atoms. The van der Waals surface area contributed by atoms with Crippen LogP contribution in [0.25, 0.3) is 0 Å². The van der Waals surface area contributed by atoms with Crippen molar-refractivity contribution in [1.29, 1.82) is 5.26 Å². The van der Waals surface area contributed by atoms with Gasteiger partial charge in [0, 0.05) is 11.6 Å². The molecular weight excluding hydrogens is 294 g/mol. The van der Waals surface area contributed by atoms with Gasteiger partial charge >= 0.3 is 0 Å². The first-order chi connectivity index (χ1) is 11.0. The molecule has 116 valence electrons. The van der Waals surface area contributed by atoms with Crippen molar-refractivity contribution < 1.29 is 9.72 Å². The number of hydrogen-bond acceptors (Lipinski definition) is 4. The first-order valence-corrected chi connectivity index (χ1v) is 7.03. The molecule has 1 atom stereocenters. The van der Waals surface area contributed by atoms with Gasteiger partial charge in [0.1, 0.15) is 0 Å². The molecule has 0 fully saturated rings. The molecule has 2 aromatic carbocycles. The highest BCUT2D eigenvalue weighted by Gasteiger charge is 2.17. The van der Waals surface area contributed by atoms with E-state index in [2.05, 4.69) is 5.32 Å². The van der Waals surface area contributed by atoms with Crippen LogP contribution in [0.1, 0.15) is 29.7 Å². The molecule has 0 bridgehead atoms. The molecule has 0 saturated heterocycles. The molecule has 1 N–H and O–H groups in total. The van der Waals surface area contributed by atoms with Gasteiger partial charge in [-0.15, -0.1) is 0 Å². The fourth-order valence-corrected chi connectivity index (χ4v) is 2.23. The van der Waals surface area contributed by atoms with E-state index in [4.69, 9.17) is 5.26 Å². The van der Waals surface area contributed by atoms with E-state index in [0.717, 1.165) is 5.56 Å². The number of hydrogen-bond donors (Lipinski definition) is 1. The molecule has 6 heteroatoms. The number of nitro groups is 1. The van der Waals surface area contributed by atoms with E-state index in [1.54, 1.807) is 42.5 Å². The lowest BCUT2D eigenvalue weighted by Gasteiger charge is -2.14. The molecule has 0 aliphatic carbocycles. The maximum Gasteiger partial charge on any atom is 0.273 e. The maximum atomic E-state index is 12.1. The second-order valence-corrected chi connectivity index (χ2v) is 5.09. The topological polar surface area (TPSA) is 96.0 Å². The van der Waals surface area contributed by atoms with Gasteiger partial charge in [-0.2, -0.15) is 5.26 Å².